The van der Waals surface area contributed by atoms with Crippen molar-refractivity contribution in [3.05, 3.63) is 35.0 Å². The number of anilines is 1. The molecule has 5 amide bonds. The topological polar surface area (TPSA) is 158 Å². The lowest BCUT2D eigenvalue weighted by Gasteiger charge is -2.39. The maximum absolute atomic E-state index is 14.0. The molecule has 5 heterocycles. The number of aromatic amines is 1. The van der Waals surface area contributed by atoms with Gasteiger partial charge in [0.15, 0.2) is 5.78 Å². The van der Waals surface area contributed by atoms with Gasteiger partial charge in [0.2, 0.25) is 0 Å². The Labute approximate surface area is 261 Å². The van der Waals surface area contributed by atoms with Crippen LogP contribution in [0.1, 0.15) is 67.6 Å². The highest BCUT2D eigenvalue weighted by molar-refractivity contribution is 6.25. The molecule has 1 aromatic carbocycles. The number of amides is 5. The van der Waals surface area contributed by atoms with E-state index in [1.165, 1.54) is 5.01 Å². The number of nitrogens with one attached hydrogen (secondary N) is 1. The Morgan fingerprint density at radius 2 is 1.71 bits per heavy atom. The summed E-state index contributed by atoms with van der Waals surface area (Å²) in [6, 6.07) is 4.71. The van der Waals surface area contributed by atoms with E-state index >= 15 is 0 Å². The number of likely N-dealkylation sites (tertiary alicyclic amines) is 3. The highest BCUT2D eigenvalue weighted by Gasteiger charge is 2.49. The van der Waals surface area contributed by atoms with Crippen molar-refractivity contribution in [2.45, 2.75) is 63.6 Å². The van der Waals surface area contributed by atoms with E-state index in [0.29, 0.717) is 93.4 Å². The molecule has 4 aliphatic heterocycles. The zero-order chi connectivity index (χ0) is 31.6. The number of fused-ring (bicyclic) bond motifs is 5. The number of carbonyl (C=O) groups excluding carboxylic acids is 4. The number of hydrazine groups is 1. The fourth-order valence-electron chi connectivity index (χ4n) is 7.50. The summed E-state index contributed by atoms with van der Waals surface area (Å²) in [4.78, 5) is 58.4. The number of piperidine rings is 1. The van der Waals surface area contributed by atoms with E-state index in [-0.39, 0.29) is 35.9 Å². The van der Waals surface area contributed by atoms with E-state index in [4.69, 9.17) is 15.2 Å². The van der Waals surface area contributed by atoms with Crippen molar-refractivity contribution in [3.63, 3.8) is 0 Å². The Morgan fingerprint density at radius 3 is 2.36 bits per heavy atom. The van der Waals surface area contributed by atoms with Gasteiger partial charge in [-0.1, -0.05) is 12.1 Å². The number of urea groups is 2. The minimum absolute atomic E-state index is 0.00223. The molecule has 5 aliphatic rings. The van der Waals surface area contributed by atoms with Gasteiger partial charge in [-0.15, -0.1) is 0 Å². The second kappa shape index (κ2) is 11.0. The number of piperazine rings is 1. The number of hydrogen-bond acceptors (Lipinski definition) is 8. The lowest BCUT2D eigenvalue weighted by Crippen LogP contribution is -2.55. The first-order valence-corrected chi connectivity index (χ1v) is 15.8. The second-order valence-corrected chi connectivity index (χ2v) is 13.5. The minimum atomic E-state index is -0.662. The van der Waals surface area contributed by atoms with Gasteiger partial charge in [-0.3, -0.25) is 9.89 Å². The van der Waals surface area contributed by atoms with Crippen LogP contribution in [0.3, 0.4) is 0 Å². The van der Waals surface area contributed by atoms with Crippen molar-refractivity contribution in [2.24, 2.45) is 5.73 Å². The summed E-state index contributed by atoms with van der Waals surface area (Å²) in [5.41, 5.74) is 8.70. The average molecular weight is 621 g/mol. The molecule has 4 fully saturated rings. The molecular weight excluding hydrogens is 580 g/mol. The van der Waals surface area contributed by atoms with Crippen LogP contribution in [-0.2, 0) is 9.47 Å². The zero-order valence-corrected chi connectivity index (χ0v) is 26.0. The van der Waals surface area contributed by atoms with Crippen molar-refractivity contribution in [3.8, 4) is 11.3 Å². The molecule has 14 heteroatoms. The summed E-state index contributed by atoms with van der Waals surface area (Å²) < 4.78 is 11.0. The molecular formula is C31H40N8O6. The number of ketones is 1. The smallest absolute Gasteiger partial charge is 0.410 e. The predicted molar refractivity (Wildman–Crippen MR) is 163 cm³/mol. The van der Waals surface area contributed by atoms with Crippen LogP contribution >= 0.6 is 0 Å². The first-order chi connectivity index (χ1) is 21.5. The molecule has 0 spiro atoms. The standard InChI is InChI=1S/C31H40N8O6/c1-31(2,3)45-30(43)38-17-19-15-20(38)16-37(19)29(42)35-9-7-18(8-10-35)25-24-26(34-33-25)21-5-4-6-22(23(21)27(24)40)39(28(32)41)36-11-13-44-14-12-36/h4-6,18-20H,7-17H2,1-3H3,(H2,32,41)(H,33,34)/t19-,20-/m0/s1. The van der Waals surface area contributed by atoms with Gasteiger partial charge in [-0.05, 0) is 46.1 Å². The third-order valence-corrected chi connectivity index (χ3v) is 9.54. The predicted octanol–water partition coefficient (Wildman–Crippen LogP) is 2.75. The molecule has 240 valence electrons. The summed E-state index contributed by atoms with van der Waals surface area (Å²) in [5, 5.41) is 10.9. The fourth-order valence-corrected chi connectivity index (χ4v) is 7.50. The Kier molecular flexibility index (Phi) is 7.23. The normalized spacial score (nSPS) is 23.4. The van der Waals surface area contributed by atoms with Crippen molar-refractivity contribution < 1.29 is 28.7 Å². The zero-order valence-electron chi connectivity index (χ0n) is 26.0. The number of benzene rings is 1. The molecule has 2 aromatic rings. The van der Waals surface area contributed by atoms with Crippen LogP contribution in [-0.4, -0.2) is 124 Å². The SMILES string of the molecule is CC(C)(C)OC(=O)N1C[C@@H]2C[C@H]1CN2C(=O)N1CCC(c2[nH]nc3c2C(=O)c2c-3cccc2N(C(N)=O)N2CCOCC2)CC1. The molecule has 0 saturated carbocycles. The van der Waals surface area contributed by atoms with Gasteiger partial charge in [0, 0.05) is 50.7 Å². The molecule has 2 atom stereocenters. The number of hydrogen-bond donors (Lipinski definition) is 2. The summed E-state index contributed by atoms with van der Waals surface area (Å²) in [6.45, 7) is 9.56. The first-order valence-electron chi connectivity index (χ1n) is 15.8. The van der Waals surface area contributed by atoms with Crippen molar-refractivity contribution in [2.75, 3.05) is 57.5 Å². The number of H-pyrrole nitrogens is 1. The largest absolute Gasteiger partial charge is 0.444 e. The van der Waals surface area contributed by atoms with E-state index in [2.05, 4.69) is 10.2 Å². The van der Waals surface area contributed by atoms with Crippen LogP contribution in [0.4, 0.5) is 20.1 Å². The monoisotopic (exact) mass is 620 g/mol. The van der Waals surface area contributed by atoms with Crippen LogP contribution in [0.5, 0.6) is 0 Å². The van der Waals surface area contributed by atoms with Crippen molar-refractivity contribution in [1.82, 2.24) is 29.9 Å². The quantitative estimate of drug-likeness (QED) is 0.453. The molecule has 3 N–H and O–H groups in total. The molecule has 7 rings (SSSR count). The number of nitrogens with zero attached hydrogens (tertiary/aromatic N) is 6. The Bertz CT molecular complexity index is 1540. The Balaban J connectivity index is 1.02. The van der Waals surface area contributed by atoms with Gasteiger partial charge < -0.3 is 29.9 Å². The van der Waals surface area contributed by atoms with E-state index < -0.39 is 11.6 Å². The molecule has 14 nitrogen and oxygen atoms in total. The summed E-state index contributed by atoms with van der Waals surface area (Å²) in [6.07, 6.45) is 1.82. The molecule has 4 saturated heterocycles. The third-order valence-electron chi connectivity index (χ3n) is 9.54. The Morgan fingerprint density at radius 1 is 1.02 bits per heavy atom. The van der Waals surface area contributed by atoms with Gasteiger partial charge in [0.1, 0.15) is 11.3 Å². The first kappa shape index (κ1) is 29.5. The number of aromatic nitrogens is 2. The molecule has 1 aromatic heterocycles. The minimum Gasteiger partial charge on any atom is -0.444 e. The van der Waals surface area contributed by atoms with Crippen molar-refractivity contribution in [1.29, 1.82) is 0 Å². The highest BCUT2D eigenvalue weighted by Crippen LogP contribution is 2.45. The van der Waals surface area contributed by atoms with Gasteiger partial charge in [-0.25, -0.2) is 24.4 Å². The third kappa shape index (κ3) is 5.09. The maximum atomic E-state index is 14.0. The molecule has 0 radical (unpaired) electrons. The van der Waals surface area contributed by atoms with Crippen LogP contribution in [0, 0.1) is 0 Å². The van der Waals surface area contributed by atoms with Gasteiger partial charge >= 0.3 is 18.2 Å². The number of morpholine rings is 1. The van der Waals surface area contributed by atoms with Gasteiger partial charge in [-0.2, -0.15) is 5.10 Å². The summed E-state index contributed by atoms with van der Waals surface area (Å²) in [5.74, 6) is -0.156. The molecule has 2 bridgehead atoms. The fraction of sp³-hybridized carbons (Fsp3) is 0.581. The number of primary amides is 1. The average Bonchev–Trinajstić information content (AvgIpc) is 3.79. The number of nitrogens with two attached hydrogens (primary N) is 1. The number of rotatable bonds is 3. The second-order valence-electron chi connectivity index (χ2n) is 13.5. The van der Waals surface area contributed by atoms with E-state index in [1.807, 2.05) is 47.7 Å². The van der Waals surface area contributed by atoms with Crippen LogP contribution in [0.2, 0.25) is 0 Å². The molecule has 45 heavy (non-hydrogen) atoms. The van der Waals surface area contributed by atoms with Crippen LogP contribution in [0.15, 0.2) is 18.2 Å². The summed E-state index contributed by atoms with van der Waals surface area (Å²) >= 11 is 0. The lowest BCUT2D eigenvalue weighted by molar-refractivity contribution is 0.0138. The molecule has 1 aliphatic carbocycles. The number of carbonyl (C=O) groups is 4. The lowest BCUT2D eigenvalue weighted by atomic mass is 9.90. The van der Waals surface area contributed by atoms with Gasteiger partial charge in [0.05, 0.1) is 47.8 Å². The highest BCUT2D eigenvalue weighted by atomic mass is 16.6. The van der Waals surface area contributed by atoms with E-state index in [9.17, 15) is 19.2 Å². The molecule has 0 unspecified atom stereocenters. The van der Waals surface area contributed by atoms with Gasteiger partial charge in [0.25, 0.3) is 0 Å². The van der Waals surface area contributed by atoms with Crippen molar-refractivity contribution >= 4 is 29.6 Å². The van der Waals surface area contributed by atoms with E-state index in [1.54, 1.807) is 11.0 Å². The Hall–Kier alpha value is -4.17. The number of ether oxygens (including phenoxy) is 2. The summed E-state index contributed by atoms with van der Waals surface area (Å²) in [7, 11) is 0. The van der Waals surface area contributed by atoms with E-state index in [0.717, 1.165) is 12.1 Å². The van der Waals surface area contributed by atoms with Crippen LogP contribution < -0.4 is 10.7 Å². The maximum Gasteiger partial charge on any atom is 0.410 e. The van der Waals surface area contributed by atoms with Crippen LogP contribution in [0.25, 0.3) is 11.3 Å².